The van der Waals surface area contributed by atoms with E-state index in [0.717, 1.165) is 18.4 Å². The predicted molar refractivity (Wildman–Crippen MR) is 91.5 cm³/mol. The molecular formula is C18H26N2O3. The first kappa shape index (κ1) is 17.3. The highest BCUT2D eigenvalue weighted by Crippen LogP contribution is 2.39. The van der Waals surface area contributed by atoms with Gasteiger partial charge in [-0.05, 0) is 50.3 Å². The van der Waals surface area contributed by atoms with Crippen LogP contribution < -0.4 is 20.5 Å². The average Bonchev–Trinajstić information content (AvgIpc) is 3.39. The van der Waals surface area contributed by atoms with Crippen LogP contribution in [0.3, 0.4) is 0 Å². The van der Waals surface area contributed by atoms with E-state index in [9.17, 15) is 4.79 Å². The molecule has 0 aliphatic heterocycles. The van der Waals surface area contributed by atoms with Crippen molar-refractivity contribution >= 4 is 12.0 Å². The number of rotatable bonds is 8. The summed E-state index contributed by atoms with van der Waals surface area (Å²) in [4.78, 5) is 12.1. The molecule has 23 heavy (non-hydrogen) atoms. The SMILES string of the molecule is C/C=C/c1ccc(OCC(=O)NC(C)(CN)C2CC2)c(OC)c1. The lowest BCUT2D eigenvalue weighted by Gasteiger charge is -2.29. The molecule has 1 aliphatic rings. The van der Waals surface area contributed by atoms with Crippen LogP contribution in [0.15, 0.2) is 24.3 Å². The quantitative estimate of drug-likeness (QED) is 0.771. The Morgan fingerprint density at radius 2 is 2.17 bits per heavy atom. The number of carbonyl (C=O) groups is 1. The van der Waals surface area contributed by atoms with Crippen LogP contribution >= 0.6 is 0 Å². The molecule has 0 heterocycles. The van der Waals surface area contributed by atoms with E-state index in [1.54, 1.807) is 7.11 Å². The van der Waals surface area contributed by atoms with E-state index in [-0.39, 0.29) is 18.1 Å². The standard InChI is InChI=1S/C18H26N2O3/c1-4-5-13-6-9-15(16(10-13)22-3)23-11-17(21)20-18(2,12-19)14-7-8-14/h4-6,9-10,14H,7-8,11-12,19H2,1-3H3,(H,20,21)/b5-4+. The van der Waals surface area contributed by atoms with Gasteiger partial charge >= 0.3 is 0 Å². The number of amides is 1. The molecule has 1 aliphatic carbocycles. The maximum absolute atomic E-state index is 12.1. The summed E-state index contributed by atoms with van der Waals surface area (Å²) >= 11 is 0. The molecular weight excluding hydrogens is 292 g/mol. The molecule has 3 N–H and O–H groups in total. The summed E-state index contributed by atoms with van der Waals surface area (Å²) in [6.07, 6.45) is 6.17. The number of allylic oxidation sites excluding steroid dienone is 1. The van der Waals surface area contributed by atoms with Crippen molar-refractivity contribution in [1.29, 1.82) is 0 Å². The molecule has 1 aromatic carbocycles. The van der Waals surface area contributed by atoms with Gasteiger partial charge in [-0.25, -0.2) is 0 Å². The molecule has 5 nitrogen and oxygen atoms in total. The fourth-order valence-electron chi connectivity index (χ4n) is 2.64. The Morgan fingerprint density at radius 1 is 1.43 bits per heavy atom. The van der Waals surface area contributed by atoms with Crippen LogP contribution in [-0.2, 0) is 4.79 Å². The first-order chi connectivity index (χ1) is 11.0. The van der Waals surface area contributed by atoms with E-state index in [1.807, 2.05) is 44.2 Å². The summed E-state index contributed by atoms with van der Waals surface area (Å²) in [5.74, 6) is 1.48. The fraction of sp³-hybridized carbons (Fsp3) is 0.500. The third-order valence-electron chi connectivity index (χ3n) is 4.23. The van der Waals surface area contributed by atoms with Gasteiger partial charge in [-0.15, -0.1) is 0 Å². The van der Waals surface area contributed by atoms with Gasteiger partial charge in [0.2, 0.25) is 0 Å². The Balaban J connectivity index is 1.95. The van der Waals surface area contributed by atoms with Gasteiger partial charge in [-0.3, -0.25) is 4.79 Å². The van der Waals surface area contributed by atoms with Crippen molar-refractivity contribution in [3.05, 3.63) is 29.8 Å². The Kier molecular flexibility index (Phi) is 5.66. The molecule has 0 saturated heterocycles. The highest BCUT2D eigenvalue weighted by atomic mass is 16.5. The Morgan fingerprint density at radius 3 is 2.74 bits per heavy atom. The van der Waals surface area contributed by atoms with E-state index in [2.05, 4.69) is 5.32 Å². The third-order valence-corrected chi connectivity index (χ3v) is 4.23. The van der Waals surface area contributed by atoms with Crippen molar-refractivity contribution in [1.82, 2.24) is 5.32 Å². The highest BCUT2D eigenvalue weighted by molar-refractivity contribution is 5.78. The van der Waals surface area contributed by atoms with Crippen molar-refractivity contribution < 1.29 is 14.3 Å². The Hall–Kier alpha value is -2.01. The number of methoxy groups -OCH3 is 1. The second-order valence-electron chi connectivity index (χ2n) is 6.14. The van der Waals surface area contributed by atoms with Crippen LogP contribution in [-0.4, -0.2) is 31.7 Å². The van der Waals surface area contributed by atoms with E-state index < -0.39 is 0 Å². The van der Waals surface area contributed by atoms with Crippen molar-refractivity contribution in [3.63, 3.8) is 0 Å². The monoisotopic (exact) mass is 318 g/mol. The second kappa shape index (κ2) is 7.51. The van der Waals surface area contributed by atoms with Crippen LogP contribution in [0.4, 0.5) is 0 Å². The number of nitrogens with two attached hydrogens (primary N) is 1. The van der Waals surface area contributed by atoms with Crippen LogP contribution in [0.25, 0.3) is 6.08 Å². The number of ether oxygens (including phenoxy) is 2. The number of benzene rings is 1. The van der Waals surface area contributed by atoms with Gasteiger partial charge in [0.25, 0.3) is 5.91 Å². The number of carbonyl (C=O) groups excluding carboxylic acids is 1. The lowest BCUT2D eigenvalue weighted by Crippen LogP contribution is -2.54. The minimum atomic E-state index is -0.333. The molecule has 0 spiro atoms. The average molecular weight is 318 g/mol. The van der Waals surface area contributed by atoms with Gasteiger partial charge < -0.3 is 20.5 Å². The van der Waals surface area contributed by atoms with Crippen LogP contribution in [0.1, 0.15) is 32.3 Å². The van der Waals surface area contributed by atoms with E-state index in [1.165, 1.54) is 0 Å². The number of hydrogen-bond donors (Lipinski definition) is 2. The summed E-state index contributed by atoms with van der Waals surface area (Å²) in [5.41, 5.74) is 6.50. The number of hydrogen-bond acceptors (Lipinski definition) is 4. The molecule has 1 atom stereocenters. The molecule has 5 heteroatoms. The fourth-order valence-corrected chi connectivity index (χ4v) is 2.64. The maximum atomic E-state index is 12.1. The summed E-state index contributed by atoms with van der Waals surface area (Å²) < 4.78 is 10.9. The third kappa shape index (κ3) is 4.48. The molecule has 1 aromatic rings. The molecule has 1 unspecified atom stereocenters. The zero-order chi connectivity index (χ0) is 16.9. The minimum absolute atomic E-state index is 0.0539. The van der Waals surface area contributed by atoms with Gasteiger partial charge in [0.15, 0.2) is 18.1 Å². The second-order valence-corrected chi connectivity index (χ2v) is 6.14. The van der Waals surface area contributed by atoms with Crippen molar-refractivity contribution in [2.24, 2.45) is 11.7 Å². The maximum Gasteiger partial charge on any atom is 0.258 e. The van der Waals surface area contributed by atoms with Crippen molar-refractivity contribution in [3.8, 4) is 11.5 Å². The summed E-state index contributed by atoms with van der Waals surface area (Å²) in [7, 11) is 1.58. The van der Waals surface area contributed by atoms with E-state index in [0.29, 0.717) is 24.0 Å². The topological polar surface area (TPSA) is 73.6 Å². The van der Waals surface area contributed by atoms with E-state index >= 15 is 0 Å². The number of nitrogens with one attached hydrogen (secondary N) is 1. The van der Waals surface area contributed by atoms with Gasteiger partial charge in [-0.1, -0.05) is 18.2 Å². The zero-order valence-corrected chi connectivity index (χ0v) is 14.1. The largest absolute Gasteiger partial charge is 0.493 e. The molecule has 0 radical (unpaired) electrons. The first-order valence-corrected chi connectivity index (χ1v) is 7.97. The van der Waals surface area contributed by atoms with Gasteiger partial charge in [0.1, 0.15) is 0 Å². The normalized spacial score (nSPS) is 16.9. The summed E-state index contributed by atoms with van der Waals surface area (Å²) in [6, 6.07) is 5.61. The Labute approximate surface area is 137 Å². The smallest absolute Gasteiger partial charge is 0.258 e. The Bertz CT molecular complexity index is 582. The molecule has 126 valence electrons. The van der Waals surface area contributed by atoms with Crippen LogP contribution in [0, 0.1) is 5.92 Å². The van der Waals surface area contributed by atoms with E-state index in [4.69, 9.17) is 15.2 Å². The molecule has 1 saturated carbocycles. The van der Waals surface area contributed by atoms with Gasteiger partial charge in [0.05, 0.1) is 12.6 Å². The van der Waals surface area contributed by atoms with Gasteiger partial charge in [-0.2, -0.15) is 0 Å². The lowest BCUT2D eigenvalue weighted by molar-refractivity contribution is -0.125. The molecule has 0 bridgehead atoms. The predicted octanol–water partition coefficient (Wildman–Crippen LogP) is 2.35. The summed E-state index contributed by atoms with van der Waals surface area (Å²) in [5, 5.41) is 3.00. The molecule has 0 aromatic heterocycles. The first-order valence-electron chi connectivity index (χ1n) is 7.97. The van der Waals surface area contributed by atoms with Gasteiger partial charge in [0, 0.05) is 6.54 Å². The van der Waals surface area contributed by atoms with Crippen LogP contribution in [0.2, 0.25) is 0 Å². The minimum Gasteiger partial charge on any atom is -0.493 e. The highest BCUT2D eigenvalue weighted by Gasteiger charge is 2.41. The molecule has 2 rings (SSSR count). The summed E-state index contributed by atoms with van der Waals surface area (Å²) in [6.45, 7) is 4.33. The van der Waals surface area contributed by atoms with Crippen molar-refractivity contribution in [2.45, 2.75) is 32.2 Å². The van der Waals surface area contributed by atoms with Crippen LogP contribution in [0.5, 0.6) is 11.5 Å². The zero-order valence-electron chi connectivity index (χ0n) is 14.1. The molecule has 1 amide bonds. The van der Waals surface area contributed by atoms with Crippen molar-refractivity contribution in [2.75, 3.05) is 20.3 Å². The molecule has 1 fully saturated rings. The lowest BCUT2D eigenvalue weighted by atomic mass is 9.96.